The van der Waals surface area contributed by atoms with E-state index in [2.05, 4.69) is 4.89 Å². The van der Waals surface area contributed by atoms with E-state index in [4.69, 9.17) is 5.26 Å². The van der Waals surface area contributed by atoms with Gasteiger partial charge in [-0.25, -0.2) is 4.89 Å². The van der Waals surface area contributed by atoms with Crippen LogP contribution in [0.4, 0.5) is 0 Å². The third-order valence-corrected chi connectivity index (χ3v) is 0.414. The molecule has 2 nitrogen and oxygen atoms in total. The molecule has 0 aliphatic carbocycles. The monoisotopic (exact) mass is 202 g/mol. The molecule has 0 aliphatic heterocycles. The van der Waals surface area contributed by atoms with Crippen molar-refractivity contribution in [2.24, 2.45) is 0 Å². The van der Waals surface area contributed by atoms with Crippen molar-refractivity contribution in [2.75, 3.05) is 0 Å². The van der Waals surface area contributed by atoms with E-state index in [9.17, 15) is 0 Å². The Labute approximate surface area is 50.6 Å². The smallest absolute Gasteiger partial charge is 0.148 e. The van der Waals surface area contributed by atoms with E-state index in [1.54, 1.807) is 13.8 Å². The molecule has 0 aromatic heterocycles. The molecular formula is C3H7IO2. The first-order chi connectivity index (χ1) is 2.56. The standard InChI is InChI=1S/C3H7IO2/c1-3(2,4)6-5/h5H,1-2H3. The lowest BCUT2D eigenvalue weighted by Crippen LogP contribution is -2.10. The summed E-state index contributed by atoms with van der Waals surface area (Å²) in [6.07, 6.45) is 0. The molecule has 0 heterocycles. The summed E-state index contributed by atoms with van der Waals surface area (Å²) in [6, 6.07) is 0. The molecule has 0 fully saturated rings. The first-order valence-corrected chi connectivity index (χ1v) is 2.65. The van der Waals surface area contributed by atoms with Crippen LogP contribution in [0.2, 0.25) is 0 Å². The topological polar surface area (TPSA) is 29.5 Å². The maximum atomic E-state index is 7.90. The van der Waals surface area contributed by atoms with E-state index in [0.717, 1.165) is 0 Å². The summed E-state index contributed by atoms with van der Waals surface area (Å²) < 4.78 is -0.433. The zero-order valence-electron chi connectivity index (χ0n) is 3.73. The Morgan fingerprint density at radius 1 is 1.67 bits per heavy atom. The highest BCUT2D eigenvalue weighted by Crippen LogP contribution is 2.15. The molecular weight excluding hydrogens is 195 g/mol. The van der Waals surface area contributed by atoms with Crippen molar-refractivity contribution in [3.63, 3.8) is 0 Å². The molecule has 0 rings (SSSR count). The number of hydrogen-bond donors (Lipinski definition) is 1. The van der Waals surface area contributed by atoms with Crippen LogP contribution < -0.4 is 0 Å². The van der Waals surface area contributed by atoms with Crippen molar-refractivity contribution in [1.29, 1.82) is 0 Å². The summed E-state index contributed by atoms with van der Waals surface area (Å²) in [5.41, 5.74) is 0. The lowest BCUT2D eigenvalue weighted by Gasteiger charge is -2.08. The van der Waals surface area contributed by atoms with Gasteiger partial charge < -0.3 is 0 Å². The van der Waals surface area contributed by atoms with Gasteiger partial charge >= 0.3 is 0 Å². The maximum absolute atomic E-state index is 7.90. The minimum Gasteiger partial charge on any atom is -0.250 e. The van der Waals surface area contributed by atoms with Crippen LogP contribution in [0.3, 0.4) is 0 Å². The second kappa shape index (κ2) is 2.09. The molecule has 0 spiro atoms. The van der Waals surface area contributed by atoms with E-state index in [-0.39, 0.29) is 0 Å². The molecule has 0 unspecified atom stereocenters. The third-order valence-electron chi connectivity index (χ3n) is 0.217. The van der Waals surface area contributed by atoms with Crippen LogP contribution >= 0.6 is 22.6 Å². The molecule has 0 bridgehead atoms. The van der Waals surface area contributed by atoms with Gasteiger partial charge in [-0.2, -0.15) is 0 Å². The summed E-state index contributed by atoms with van der Waals surface area (Å²) in [5, 5.41) is 7.90. The highest BCUT2D eigenvalue weighted by molar-refractivity contribution is 14.1. The van der Waals surface area contributed by atoms with E-state index in [1.807, 2.05) is 22.6 Å². The van der Waals surface area contributed by atoms with E-state index >= 15 is 0 Å². The fraction of sp³-hybridized carbons (Fsp3) is 1.00. The molecule has 0 saturated heterocycles. The van der Waals surface area contributed by atoms with Gasteiger partial charge in [0.1, 0.15) is 3.61 Å². The van der Waals surface area contributed by atoms with Gasteiger partial charge in [0.15, 0.2) is 0 Å². The maximum Gasteiger partial charge on any atom is 0.148 e. The Balaban J connectivity index is 3.17. The van der Waals surface area contributed by atoms with Crippen LogP contribution in [-0.2, 0) is 4.89 Å². The predicted octanol–water partition coefficient (Wildman–Crippen LogP) is 1.65. The minimum atomic E-state index is -0.433. The molecule has 1 N–H and O–H groups in total. The highest BCUT2D eigenvalue weighted by Gasteiger charge is 2.09. The van der Waals surface area contributed by atoms with Gasteiger partial charge in [-0.1, -0.05) is 0 Å². The number of rotatable bonds is 1. The Morgan fingerprint density at radius 2 is 1.83 bits per heavy atom. The van der Waals surface area contributed by atoms with Crippen molar-refractivity contribution in [2.45, 2.75) is 17.5 Å². The van der Waals surface area contributed by atoms with E-state index in [0.29, 0.717) is 0 Å². The second-order valence-corrected chi connectivity index (χ2v) is 4.05. The summed E-state index contributed by atoms with van der Waals surface area (Å²) in [7, 11) is 0. The Kier molecular flexibility index (Phi) is 2.31. The first kappa shape index (κ1) is 6.65. The van der Waals surface area contributed by atoms with Gasteiger partial charge in [0, 0.05) is 0 Å². The normalized spacial score (nSPS) is 12.0. The molecule has 0 radical (unpaired) electrons. The molecule has 6 heavy (non-hydrogen) atoms. The largest absolute Gasteiger partial charge is 0.250 e. The lowest BCUT2D eigenvalue weighted by atomic mass is 10.5. The summed E-state index contributed by atoms with van der Waals surface area (Å²) in [5.74, 6) is 0. The van der Waals surface area contributed by atoms with Crippen molar-refractivity contribution in [3.05, 3.63) is 0 Å². The van der Waals surface area contributed by atoms with Crippen LogP contribution in [-0.4, -0.2) is 8.87 Å². The molecule has 0 aliphatic rings. The van der Waals surface area contributed by atoms with Crippen molar-refractivity contribution < 1.29 is 10.1 Å². The first-order valence-electron chi connectivity index (χ1n) is 1.58. The molecule has 3 heteroatoms. The Hall–Kier alpha value is 0.650. The Morgan fingerprint density at radius 3 is 1.83 bits per heavy atom. The van der Waals surface area contributed by atoms with Gasteiger partial charge in [0.2, 0.25) is 0 Å². The van der Waals surface area contributed by atoms with Crippen LogP contribution in [0, 0.1) is 0 Å². The average Bonchev–Trinajstić information content (AvgIpc) is 1.35. The van der Waals surface area contributed by atoms with Gasteiger partial charge in [-0.05, 0) is 36.4 Å². The van der Waals surface area contributed by atoms with Crippen LogP contribution in [0.25, 0.3) is 0 Å². The number of halogens is 1. The van der Waals surface area contributed by atoms with Gasteiger partial charge in [-0.3, -0.25) is 5.26 Å². The van der Waals surface area contributed by atoms with E-state index < -0.39 is 3.61 Å². The van der Waals surface area contributed by atoms with Crippen molar-refractivity contribution in [3.8, 4) is 0 Å². The van der Waals surface area contributed by atoms with Crippen LogP contribution in [0.15, 0.2) is 0 Å². The Bertz CT molecular complexity index is 38.5. The lowest BCUT2D eigenvalue weighted by molar-refractivity contribution is -0.275. The molecule has 0 atom stereocenters. The molecule has 0 aromatic rings. The van der Waals surface area contributed by atoms with Gasteiger partial charge in [0.25, 0.3) is 0 Å². The van der Waals surface area contributed by atoms with Gasteiger partial charge in [-0.15, -0.1) is 0 Å². The average molecular weight is 202 g/mol. The zero-order chi connectivity index (χ0) is 5.21. The highest BCUT2D eigenvalue weighted by atomic mass is 127. The zero-order valence-corrected chi connectivity index (χ0v) is 5.89. The fourth-order valence-electron chi connectivity index (χ4n) is 0. The molecule has 0 saturated carbocycles. The summed E-state index contributed by atoms with van der Waals surface area (Å²) in [6.45, 7) is 3.52. The van der Waals surface area contributed by atoms with Crippen LogP contribution in [0.1, 0.15) is 13.8 Å². The SMILES string of the molecule is CC(C)(I)OO. The van der Waals surface area contributed by atoms with Crippen LogP contribution in [0.5, 0.6) is 0 Å². The molecule has 38 valence electrons. The fourth-order valence-corrected chi connectivity index (χ4v) is 0. The molecule has 0 aromatic carbocycles. The summed E-state index contributed by atoms with van der Waals surface area (Å²) in [4.78, 5) is 3.92. The van der Waals surface area contributed by atoms with Gasteiger partial charge in [0.05, 0.1) is 0 Å². The predicted molar refractivity (Wildman–Crippen MR) is 31.8 cm³/mol. The quantitative estimate of drug-likeness (QED) is 0.303. The molecule has 0 amide bonds. The third kappa shape index (κ3) is 4.65. The number of hydrogen-bond acceptors (Lipinski definition) is 2. The van der Waals surface area contributed by atoms with E-state index in [1.165, 1.54) is 0 Å². The minimum absolute atomic E-state index is 0.433. The van der Waals surface area contributed by atoms with Crippen molar-refractivity contribution in [1.82, 2.24) is 0 Å². The summed E-state index contributed by atoms with van der Waals surface area (Å²) >= 11 is 1.97. The van der Waals surface area contributed by atoms with Crippen molar-refractivity contribution >= 4 is 22.6 Å². The number of alkyl halides is 1. The second-order valence-electron chi connectivity index (χ2n) is 1.45.